The summed E-state index contributed by atoms with van der Waals surface area (Å²) in [4.78, 5) is 7.51. The number of rotatable bonds is 15. The third-order valence-corrected chi connectivity index (χ3v) is 39.5. The van der Waals surface area contributed by atoms with E-state index in [4.69, 9.17) is 0 Å². The van der Waals surface area contributed by atoms with Crippen molar-refractivity contribution in [1.29, 1.82) is 0 Å². The number of thiophene rings is 1. The van der Waals surface area contributed by atoms with E-state index in [0.717, 1.165) is 71.0 Å². The summed E-state index contributed by atoms with van der Waals surface area (Å²) < 4.78 is 2.69. The van der Waals surface area contributed by atoms with Gasteiger partial charge in [-0.25, -0.2) is 0 Å². The molecule has 0 N–H and O–H groups in total. The number of anilines is 9. The van der Waals surface area contributed by atoms with E-state index in [-0.39, 0.29) is 16.2 Å². The average molecular weight is 1920 g/mol. The second-order valence-corrected chi connectivity index (χ2v) is 46.9. The lowest BCUT2D eigenvalue weighted by Gasteiger charge is -2.61. The van der Waals surface area contributed by atoms with Gasteiger partial charge in [0.05, 0.1) is 0 Å². The molecule has 0 saturated heterocycles. The molecule has 4 heteroatoms. The first-order valence-corrected chi connectivity index (χ1v) is 56.0. The summed E-state index contributed by atoms with van der Waals surface area (Å²) in [6, 6.07) is 175. The first-order valence-electron chi connectivity index (χ1n) is 55.1. The van der Waals surface area contributed by atoms with Crippen LogP contribution in [0.15, 0.2) is 467 Å². The van der Waals surface area contributed by atoms with Crippen molar-refractivity contribution in [3.05, 3.63) is 500 Å². The molecule has 0 atom stereocenters. The maximum absolute atomic E-state index is 2.62. The van der Waals surface area contributed by atoms with Crippen molar-refractivity contribution in [3.8, 4) is 100 Å². The average Bonchev–Trinajstić information content (AvgIpc) is 1.54. The molecule has 15 aliphatic rings. The standard InChI is InChI=1S/C52H43N.C46H37NS.C46H39N/c1-3-9-37(10-4-1)39-15-17-40(18-16-39)42-21-25-46(26-22-42)53(45-23-19-41(20-24-45)38-11-5-2-6-12-38)47-27-28-49-48-13-7-8-14-50(48)52(51(49)34-47)43-30-35-29-36(32-43)33-44(52)31-35;1-2-8-31(9-3-1)32-14-16-35(17-15-32)47(36-19-21-45-41(27-36)40-11-5-7-13-44(40)48-45)37-18-20-39-38-10-4-6-12-42(38)46(43(39)28-37)33-23-29-22-30(25-33)26-34(46)24-29;1-3-10-33(11-4-1)35-18-20-39(21-19-35)47(40-15-9-14-36(29-40)34-12-5-2-6-13-34)41-22-23-43-42-16-7-8-17-44(42)46(45(43)30-41)37-25-31-24-32(27-37)28-38(46)26-31/h1-28,34-36,43-44H,29-33H2;1-21,27-30,33-34H,22-26H2;1-23,29-32,37-38H,24-28H2. The topological polar surface area (TPSA) is 9.72 Å². The normalized spacial score (nSPS) is 24.2. The number of fused-ring (bicyclic) bond motifs is 12. The van der Waals surface area contributed by atoms with Crippen LogP contribution in [-0.4, -0.2) is 0 Å². The van der Waals surface area contributed by atoms with Gasteiger partial charge in [-0.3, -0.25) is 0 Å². The van der Waals surface area contributed by atoms with Crippen LogP contribution < -0.4 is 14.7 Å². The number of nitrogens with zero attached hydrogens (tertiary/aromatic N) is 3. The van der Waals surface area contributed by atoms with E-state index in [0.29, 0.717) is 0 Å². The summed E-state index contributed by atoms with van der Waals surface area (Å²) in [7, 11) is 0. The minimum atomic E-state index is 0.133. The minimum absolute atomic E-state index is 0.133. The Morgan fingerprint density at radius 1 is 0.149 bits per heavy atom. The molecule has 0 radical (unpaired) electrons. The fourth-order valence-corrected chi connectivity index (χ4v) is 34.2. The van der Waals surface area contributed by atoms with Crippen molar-refractivity contribution in [3.63, 3.8) is 0 Å². The van der Waals surface area contributed by atoms with Crippen LogP contribution in [0, 0.1) is 71.0 Å². The highest BCUT2D eigenvalue weighted by atomic mass is 32.1. The van der Waals surface area contributed by atoms with Crippen LogP contribution in [0.3, 0.4) is 0 Å². The highest BCUT2D eigenvalue weighted by Crippen LogP contribution is 2.74. The summed E-state index contributed by atoms with van der Waals surface area (Å²) in [5.74, 6) is 10.1. The van der Waals surface area contributed by atoms with Crippen LogP contribution in [0.4, 0.5) is 51.2 Å². The lowest BCUT2D eigenvalue weighted by Crippen LogP contribution is -2.55. The maximum atomic E-state index is 2.62. The molecule has 35 rings (SSSR count). The fourth-order valence-electron chi connectivity index (χ4n) is 33.1. The summed E-state index contributed by atoms with van der Waals surface area (Å²) in [5, 5.41) is 2.68. The first kappa shape index (κ1) is 88.1. The van der Waals surface area contributed by atoms with E-state index in [1.165, 1.54) is 268 Å². The van der Waals surface area contributed by atoms with Gasteiger partial charge in [-0.15, -0.1) is 11.3 Å². The quantitative estimate of drug-likeness (QED) is 0.101. The van der Waals surface area contributed by atoms with Crippen molar-refractivity contribution in [1.82, 2.24) is 0 Å². The van der Waals surface area contributed by atoms with Crippen molar-refractivity contribution in [2.75, 3.05) is 14.7 Å². The number of hydrogen-bond acceptors (Lipinski definition) is 4. The molecule has 12 saturated carbocycles. The summed E-state index contributed by atoms with van der Waals surface area (Å²) >= 11 is 1.89. The molecular weight excluding hydrogens is 1800 g/mol. The van der Waals surface area contributed by atoms with Gasteiger partial charge in [-0.1, -0.05) is 346 Å². The van der Waals surface area contributed by atoms with Gasteiger partial charge in [0.2, 0.25) is 0 Å². The summed E-state index contributed by atoms with van der Waals surface area (Å²) in [6.45, 7) is 0. The van der Waals surface area contributed by atoms with E-state index in [2.05, 4.69) is 482 Å². The molecule has 3 spiro atoms. The summed E-state index contributed by atoms with van der Waals surface area (Å²) in [5.41, 5.74) is 44.7. The molecule has 0 unspecified atom stereocenters. The Morgan fingerprint density at radius 2 is 0.372 bits per heavy atom. The Labute approximate surface area is 875 Å². The smallest absolute Gasteiger partial charge is 0.0468 e. The van der Waals surface area contributed by atoms with Crippen LogP contribution >= 0.6 is 11.3 Å². The maximum Gasteiger partial charge on any atom is 0.0468 e. The van der Waals surface area contributed by atoms with Crippen LogP contribution in [0.1, 0.15) is 130 Å². The zero-order chi connectivity index (χ0) is 97.3. The number of benzene rings is 19. The molecule has 12 bridgehead atoms. The Hall–Kier alpha value is -15.2. The second kappa shape index (κ2) is 35.6. The Bertz CT molecular complexity index is 8370. The largest absolute Gasteiger partial charge is 0.310 e. The van der Waals surface area contributed by atoms with Crippen LogP contribution in [0.5, 0.6) is 0 Å². The van der Waals surface area contributed by atoms with E-state index >= 15 is 0 Å². The molecule has 716 valence electrons. The van der Waals surface area contributed by atoms with Gasteiger partial charge < -0.3 is 14.7 Å². The third kappa shape index (κ3) is 14.3. The van der Waals surface area contributed by atoms with Gasteiger partial charge in [-0.2, -0.15) is 0 Å². The highest BCUT2D eigenvalue weighted by molar-refractivity contribution is 7.25. The molecular formula is C144H119N3S. The van der Waals surface area contributed by atoms with Gasteiger partial charge >= 0.3 is 0 Å². The zero-order valence-corrected chi connectivity index (χ0v) is 84.6. The predicted molar refractivity (Wildman–Crippen MR) is 619 cm³/mol. The first-order chi connectivity index (χ1) is 73.2. The Balaban J connectivity index is 0.000000103. The molecule has 148 heavy (non-hydrogen) atoms. The second-order valence-electron chi connectivity index (χ2n) is 45.8. The van der Waals surface area contributed by atoms with E-state index < -0.39 is 0 Å². The van der Waals surface area contributed by atoms with E-state index in [1.807, 2.05) is 11.3 Å². The molecule has 12 fully saturated rings. The minimum Gasteiger partial charge on any atom is -0.310 e. The molecule has 3 nitrogen and oxygen atoms in total. The fraction of sp³-hybridized carbons (Fsp3) is 0.208. The zero-order valence-electron chi connectivity index (χ0n) is 83.7. The SMILES string of the molecule is c1ccc(-c2ccc(-c3ccc(N(c4ccc(-c5ccccc5)cc4)c4ccc5c(c4)C4(c6ccccc6-5)C5CC6CC(C5)CC4C6)cc3)cc2)cc1.c1ccc(-c2ccc(N(c3ccc4c(c3)C3(c5ccccc5-4)C4CC5CC(C4)CC3C5)c3ccc4sc5ccccc5c4c3)cc2)cc1.c1ccc(-c2ccc(N(c3cccc(-c4ccccc4)c3)c3ccc4c(c3)C3(c5ccccc5-4)C4CC5CC(C4)CC3C5)cc2)cc1. The summed E-state index contributed by atoms with van der Waals surface area (Å²) in [6.07, 6.45) is 21.2. The van der Waals surface area contributed by atoms with Crippen molar-refractivity contribution < 1.29 is 0 Å². The van der Waals surface area contributed by atoms with Crippen molar-refractivity contribution in [2.45, 2.75) is 113 Å². The lowest BCUT2D eigenvalue weighted by molar-refractivity contribution is -0.0399. The van der Waals surface area contributed by atoms with Crippen molar-refractivity contribution in [2.24, 2.45) is 71.0 Å². The molecule has 0 aliphatic heterocycles. The van der Waals surface area contributed by atoms with Crippen molar-refractivity contribution >= 4 is 82.7 Å². The number of hydrogen-bond donors (Lipinski definition) is 0. The lowest BCUT2D eigenvalue weighted by atomic mass is 9.43. The monoisotopic (exact) mass is 1920 g/mol. The van der Waals surface area contributed by atoms with Crippen LogP contribution in [0.25, 0.3) is 120 Å². The van der Waals surface area contributed by atoms with Gasteiger partial charge in [-0.05, 0) is 422 Å². The van der Waals surface area contributed by atoms with Gasteiger partial charge in [0, 0.05) is 87.6 Å². The molecule has 15 aliphatic carbocycles. The third-order valence-electron chi connectivity index (χ3n) is 38.4. The molecule has 1 heterocycles. The highest BCUT2D eigenvalue weighted by Gasteiger charge is 2.65. The predicted octanol–water partition coefficient (Wildman–Crippen LogP) is 39.0. The molecule has 0 amide bonds. The Kier molecular flexibility index (Phi) is 21.2. The molecule has 19 aromatic carbocycles. The van der Waals surface area contributed by atoms with Crippen LogP contribution in [0.2, 0.25) is 0 Å². The van der Waals surface area contributed by atoms with Gasteiger partial charge in [0.25, 0.3) is 0 Å². The van der Waals surface area contributed by atoms with Crippen LogP contribution in [-0.2, 0) is 16.2 Å². The molecule has 1 aromatic heterocycles. The van der Waals surface area contributed by atoms with Gasteiger partial charge in [0.1, 0.15) is 0 Å². The van der Waals surface area contributed by atoms with Gasteiger partial charge in [0.15, 0.2) is 0 Å². The Morgan fingerprint density at radius 3 is 0.696 bits per heavy atom. The van der Waals surface area contributed by atoms with E-state index in [1.54, 1.807) is 33.4 Å². The molecule has 20 aromatic rings. The van der Waals surface area contributed by atoms with E-state index in [9.17, 15) is 0 Å².